The Morgan fingerprint density at radius 3 is 2.53 bits per heavy atom. The monoisotopic (exact) mass is 317 g/mol. The van der Waals surface area contributed by atoms with E-state index in [0.717, 1.165) is 0 Å². The number of aromatic carboxylic acids is 1. The predicted molar refractivity (Wildman–Crippen MR) is 58.5 cm³/mol. The van der Waals surface area contributed by atoms with Gasteiger partial charge in [0.2, 0.25) is 0 Å². The van der Waals surface area contributed by atoms with Gasteiger partial charge in [0.25, 0.3) is 0 Å². The van der Waals surface area contributed by atoms with E-state index in [-0.39, 0.29) is 28.1 Å². The number of rotatable bonds is 3. The first kappa shape index (κ1) is 14.2. The van der Waals surface area contributed by atoms with E-state index >= 15 is 0 Å². The maximum atomic E-state index is 10.7. The summed E-state index contributed by atoms with van der Waals surface area (Å²) in [4.78, 5) is 20.6. The molecule has 1 aromatic rings. The van der Waals surface area contributed by atoms with Crippen molar-refractivity contribution in [2.75, 3.05) is 0 Å². The van der Waals surface area contributed by atoms with Crippen molar-refractivity contribution in [3.8, 4) is 0 Å². The summed E-state index contributed by atoms with van der Waals surface area (Å²) in [6.45, 7) is 0. The first-order valence-electron chi connectivity index (χ1n) is 3.37. The van der Waals surface area contributed by atoms with Gasteiger partial charge in [0.05, 0.1) is 0 Å². The SMILES string of the molecule is Cl.O=C(O)c1cccc([N+](=O)[O-])c1[Se]Cl. The molecule has 0 spiro atoms. The Bertz CT molecular complexity index is 366. The van der Waals surface area contributed by atoms with Crippen molar-refractivity contribution < 1.29 is 14.8 Å². The number of carboxylic acids is 1. The number of halogens is 2. The van der Waals surface area contributed by atoms with Crippen LogP contribution in [0.1, 0.15) is 10.4 Å². The van der Waals surface area contributed by atoms with E-state index in [1.807, 2.05) is 0 Å². The van der Waals surface area contributed by atoms with Gasteiger partial charge < -0.3 is 0 Å². The second kappa shape index (κ2) is 5.92. The summed E-state index contributed by atoms with van der Waals surface area (Å²) in [5, 5.41) is 19.3. The Hall–Kier alpha value is -0.811. The molecule has 0 saturated heterocycles. The van der Waals surface area contributed by atoms with E-state index in [1.54, 1.807) is 0 Å². The quantitative estimate of drug-likeness (QED) is 0.516. The topological polar surface area (TPSA) is 80.4 Å². The van der Waals surface area contributed by atoms with Crippen molar-refractivity contribution in [2.45, 2.75) is 0 Å². The van der Waals surface area contributed by atoms with E-state index in [0.29, 0.717) is 0 Å². The van der Waals surface area contributed by atoms with Gasteiger partial charge in [-0.05, 0) is 0 Å². The van der Waals surface area contributed by atoms with Crippen LogP contribution >= 0.6 is 22.5 Å². The molecule has 0 bridgehead atoms. The van der Waals surface area contributed by atoms with Crippen LogP contribution in [0.15, 0.2) is 18.2 Å². The average molecular weight is 317 g/mol. The molecule has 0 saturated carbocycles. The number of hydrogen-bond donors (Lipinski definition) is 1. The molecule has 1 rings (SSSR count). The van der Waals surface area contributed by atoms with Gasteiger partial charge in [-0.15, -0.1) is 12.4 Å². The Morgan fingerprint density at radius 2 is 2.13 bits per heavy atom. The molecule has 0 heterocycles. The third-order valence-corrected chi connectivity index (χ3v) is 3.52. The molecule has 5 nitrogen and oxygen atoms in total. The van der Waals surface area contributed by atoms with E-state index < -0.39 is 24.9 Å². The van der Waals surface area contributed by atoms with E-state index in [2.05, 4.69) is 0 Å². The van der Waals surface area contributed by atoms with E-state index in [4.69, 9.17) is 15.2 Å². The fourth-order valence-corrected chi connectivity index (χ4v) is 2.73. The summed E-state index contributed by atoms with van der Waals surface area (Å²) in [5.41, 5.74) is -0.339. The Kier molecular flexibility index (Phi) is 5.60. The molecule has 0 aliphatic carbocycles. The van der Waals surface area contributed by atoms with Crippen molar-refractivity contribution in [3.05, 3.63) is 33.9 Å². The summed E-state index contributed by atoms with van der Waals surface area (Å²) in [5.74, 6) is -1.20. The molecule has 0 fully saturated rings. The van der Waals surface area contributed by atoms with E-state index in [9.17, 15) is 14.9 Å². The summed E-state index contributed by atoms with van der Waals surface area (Å²) in [6.07, 6.45) is 0. The Labute approximate surface area is 101 Å². The fraction of sp³-hybridized carbons (Fsp3) is 0. The van der Waals surface area contributed by atoms with Crippen LogP contribution in [0, 0.1) is 10.1 Å². The van der Waals surface area contributed by atoms with Crippen molar-refractivity contribution in [2.24, 2.45) is 0 Å². The number of carboxylic acid groups (broad SMARTS) is 1. The predicted octanol–water partition coefficient (Wildman–Crippen LogP) is 1.20. The fourth-order valence-electron chi connectivity index (χ4n) is 0.918. The van der Waals surface area contributed by atoms with Crippen molar-refractivity contribution in [1.82, 2.24) is 0 Å². The van der Waals surface area contributed by atoms with Crippen LogP contribution in [-0.4, -0.2) is 30.0 Å². The van der Waals surface area contributed by atoms with Crippen molar-refractivity contribution in [1.29, 1.82) is 0 Å². The van der Waals surface area contributed by atoms with Gasteiger partial charge in [-0.2, -0.15) is 0 Å². The number of carbonyl (C=O) groups is 1. The maximum absolute atomic E-state index is 10.7. The van der Waals surface area contributed by atoms with Crippen LogP contribution < -0.4 is 4.46 Å². The van der Waals surface area contributed by atoms with Crippen LogP contribution in [-0.2, 0) is 0 Å². The molecule has 0 amide bonds. The van der Waals surface area contributed by atoms with Gasteiger partial charge in [-0.3, -0.25) is 0 Å². The molecule has 1 N–H and O–H groups in total. The normalized spacial score (nSPS) is 9.13. The summed E-state index contributed by atoms with van der Waals surface area (Å²) in [6, 6.07) is 3.87. The molecule has 1 aromatic carbocycles. The summed E-state index contributed by atoms with van der Waals surface area (Å²) >= 11 is -0.739. The Morgan fingerprint density at radius 1 is 1.53 bits per heavy atom. The van der Waals surface area contributed by atoms with Crippen LogP contribution in [0.4, 0.5) is 5.69 Å². The number of nitrogens with zero attached hydrogens (tertiary/aromatic N) is 1. The second-order valence-corrected chi connectivity index (χ2v) is 4.28. The third kappa shape index (κ3) is 3.07. The summed E-state index contributed by atoms with van der Waals surface area (Å²) in [7, 11) is 5.52. The summed E-state index contributed by atoms with van der Waals surface area (Å²) < 4.78 is 0.0965. The number of nitro benzene ring substituents is 1. The number of hydrogen-bond acceptors (Lipinski definition) is 3. The number of benzene rings is 1. The molecule has 0 atom stereocenters. The van der Waals surface area contributed by atoms with Crippen LogP contribution in [0.2, 0.25) is 0 Å². The molecule has 82 valence electrons. The molecule has 15 heavy (non-hydrogen) atoms. The zero-order chi connectivity index (χ0) is 10.7. The molecule has 0 aliphatic rings. The number of nitro groups is 1. The van der Waals surface area contributed by atoms with Crippen molar-refractivity contribution in [3.63, 3.8) is 0 Å². The van der Waals surface area contributed by atoms with Crippen molar-refractivity contribution >= 4 is 52.7 Å². The van der Waals surface area contributed by atoms with Crippen LogP contribution in [0.25, 0.3) is 0 Å². The first-order valence-corrected chi connectivity index (χ1v) is 6.48. The van der Waals surface area contributed by atoms with E-state index in [1.165, 1.54) is 18.2 Å². The van der Waals surface area contributed by atoms with Gasteiger partial charge in [-0.1, -0.05) is 0 Å². The molecule has 0 aromatic heterocycles. The third-order valence-electron chi connectivity index (χ3n) is 1.50. The zero-order valence-corrected chi connectivity index (χ0v) is 10.3. The minimum atomic E-state index is -1.20. The van der Waals surface area contributed by atoms with Gasteiger partial charge >= 0.3 is 89.0 Å². The van der Waals surface area contributed by atoms with Crippen LogP contribution in [0.5, 0.6) is 0 Å². The molecule has 0 aliphatic heterocycles. The average Bonchev–Trinajstić information content (AvgIpc) is 2.16. The van der Waals surface area contributed by atoms with Gasteiger partial charge in [0.1, 0.15) is 0 Å². The standard InChI is InChI=1S/C7H4ClNO4Se.ClH/c8-14-6-4(7(10)11)2-1-3-5(6)9(12)13;/h1-3H,(H,10,11);1H. The molecule has 0 unspecified atom stereocenters. The second-order valence-electron chi connectivity index (χ2n) is 2.29. The zero-order valence-electron chi connectivity index (χ0n) is 7.05. The first-order chi connectivity index (χ1) is 6.57. The van der Waals surface area contributed by atoms with Crippen LogP contribution in [0.3, 0.4) is 0 Å². The van der Waals surface area contributed by atoms with Gasteiger partial charge in [-0.25, -0.2) is 0 Å². The van der Waals surface area contributed by atoms with Gasteiger partial charge in [0, 0.05) is 0 Å². The molecular weight excluding hydrogens is 312 g/mol. The minimum absolute atomic E-state index is 0. The molecular formula is C7H5Cl2NO4Se. The molecule has 8 heteroatoms. The molecule has 0 radical (unpaired) electrons. The van der Waals surface area contributed by atoms with Gasteiger partial charge in [0.15, 0.2) is 0 Å². The Balaban J connectivity index is 0.00000196.